The number of nitrogens with one attached hydrogen (secondary N) is 3. The molecule has 3 aromatic rings. The van der Waals surface area contributed by atoms with Crippen molar-refractivity contribution in [2.24, 2.45) is 5.92 Å². The van der Waals surface area contributed by atoms with Crippen molar-refractivity contribution in [3.05, 3.63) is 35.7 Å². The number of hydrogen-bond acceptors (Lipinski definition) is 7. The lowest BCUT2D eigenvalue weighted by atomic mass is 9.93. The van der Waals surface area contributed by atoms with Crippen LogP contribution >= 0.6 is 0 Å². The molecule has 0 spiro atoms. The zero-order valence-electron chi connectivity index (χ0n) is 19.0. The number of hydrogen-bond donors (Lipinski definition) is 3. The molecule has 1 fully saturated rings. The minimum absolute atomic E-state index is 0.000424. The van der Waals surface area contributed by atoms with Crippen LogP contribution in [-0.4, -0.2) is 63.3 Å². The Hall–Kier alpha value is -3.15. The molecule has 0 bridgehead atoms. The lowest BCUT2D eigenvalue weighted by Gasteiger charge is -2.19. The fraction of sp³-hybridized carbons (Fsp3) is 0.545. The summed E-state index contributed by atoms with van der Waals surface area (Å²) < 4.78 is 44.8. The zero-order valence-corrected chi connectivity index (χ0v) is 19.0. The summed E-state index contributed by atoms with van der Waals surface area (Å²) in [5.41, 5.74) is 2.83. The Balaban J connectivity index is 1.56. The van der Waals surface area contributed by atoms with Crippen LogP contribution in [-0.2, 0) is 9.53 Å². The van der Waals surface area contributed by atoms with Crippen LogP contribution in [0.1, 0.15) is 44.3 Å². The number of H-pyrrole nitrogens is 1. The molecule has 4 rings (SSSR count). The lowest BCUT2D eigenvalue weighted by Crippen LogP contribution is -2.33. The van der Waals surface area contributed by atoms with Gasteiger partial charge in [-0.25, -0.2) is 4.98 Å². The largest absolute Gasteiger partial charge is 0.390 e. The molecule has 1 aliphatic carbocycles. The Kier molecular flexibility index (Phi) is 7.05. The van der Waals surface area contributed by atoms with Crippen LogP contribution in [0, 0.1) is 5.92 Å². The zero-order chi connectivity index (χ0) is 24.3. The molecule has 3 N–H and O–H groups in total. The summed E-state index contributed by atoms with van der Waals surface area (Å²) in [4.78, 5) is 19.3. The van der Waals surface area contributed by atoms with Gasteiger partial charge in [-0.2, -0.15) is 13.2 Å². The van der Waals surface area contributed by atoms with Gasteiger partial charge in [-0.05, 0) is 24.8 Å². The van der Waals surface area contributed by atoms with Crippen molar-refractivity contribution in [3.8, 4) is 0 Å². The van der Waals surface area contributed by atoms with Crippen LogP contribution in [0.3, 0.4) is 0 Å². The van der Waals surface area contributed by atoms with E-state index >= 15 is 0 Å². The van der Waals surface area contributed by atoms with Crippen molar-refractivity contribution < 1.29 is 22.7 Å². The van der Waals surface area contributed by atoms with Gasteiger partial charge >= 0.3 is 6.18 Å². The number of aromatic amines is 1. The Bertz CT molecular complexity index is 1170. The van der Waals surface area contributed by atoms with Gasteiger partial charge in [0.1, 0.15) is 5.82 Å². The number of allylic oxidation sites excluding steroid dienone is 1. The second kappa shape index (κ2) is 10.00. The molecule has 9 nitrogen and oxygen atoms in total. The first-order valence-corrected chi connectivity index (χ1v) is 11.3. The smallest absolute Gasteiger partial charge is 0.384 e. The van der Waals surface area contributed by atoms with E-state index in [1.807, 2.05) is 16.7 Å². The summed E-state index contributed by atoms with van der Waals surface area (Å²) in [5, 5.41) is 14.7. The highest BCUT2D eigenvalue weighted by molar-refractivity contribution is 5.74. The van der Waals surface area contributed by atoms with Crippen molar-refractivity contribution in [1.82, 2.24) is 35.2 Å². The standard InChI is InChI=1S/C22H28F3N7O2/c1-3-13-8-14(29-16(11-33)17(12-34-2)26-7-5-22(23,24)25)9-15(13)21-31-30-19-10-28-20-18(32(19)21)4-6-27-20/h4,6,10-11,13-15,26-27,29H,3,5,7-9,12H2,1-2H3/b17-16-/t13-,14+,15?/m1/s1. The molecule has 0 aromatic carbocycles. The van der Waals surface area contributed by atoms with Gasteiger partial charge in [0.25, 0.3) is 0 Å². The summed E-state index contributed by atoms with van der Waals surface area (Å²) in [6.45, 7) is 1.78. The van der Waals surface area contributed by atoms with Crippen LogP contribution < -0.4 is 10.6 Å². The molecular weight excluding hydrogens is 451 g/mol. The van der Waals surface area contributed by atoms with E-state index < -0.39 is 12.6 Å². The first kappa shape index (κ1) is 24.0. The minimum atomic E-state index is -4.28. The Morgan fingerprint density at radius 1 is 1.35 bits per heavy atom. The molecule has 3 aromatic heterocycles. The van der Waals surface area contributed by atoms with E-state index in [2.05, 4.69) is 37.7 Å². The molecule has 0 amide bonds. The van der Waals surface area contributed by atoms with E-state index in [0.29, 0.717) is 30.0 Å². The van der Waals surface area contributed by atoms with E-state index in [9.17, 15) is 18.0 Å². The van der Waals surface area contributed by atoms with Crippen LogP contribution in [0.2, 0.25) is 0 Å². The third-order valence-electron chi connectivity index (χ3n) is 6.36. The maximum absolute atomic E-state index is 12.6. The molecule has 0 radical (unpaired) electrons. The number of rotatable bonds is 10. The lowest BCUT2D eigenvalue weighted by molar-refractivity contribution is -0.133. The van der Waals surface area contributed by atoms with Crippen molar-refractivity contribution in [2.45, 2.75) is 50.7 Å². The van der Waals surface area contributed by atoms with Gasteiger partial charge in [-0.3, -0.25) is 9.20 Å². The van der Waals surface area contributed by atoms with E-state index in [0.717, 1.165) is 29.8 Å². The summed E-state index contributed by atoms with van der Waals surface area (Å²) in [6, 6.07) is 1.88. The van der Waals surface area contributed by atoms with Crippen molar-refractivity contribution in [1.29, 1.82) is 0 Å². The van der Waals surface area contributed by atoms with Gasteiger partial charge in [0, 0.05) is 31.8 Å². The molecule has 1 saturated carbocycles. The average Bonchev–Trinajstić information content (AvgIpc) is 3.52. The number of aromatic nitrogens is 5. The summed E-state index contributed by atoms with van der Waals surface area (Å²) >= 11 is 0. The summed E-state index contributed by atoms with van der Waals surface area (Å²) in [7, 11) is 1.43. The second-order valence-electron chi connectivity index (χ2n) is 8.54. The maximum atomic E-state index is 12.6. The molecule has 0 saturated heterocycles. The molecule has 12 heteroatoms. The van der Waals surface area contributed by atoms with Gasteiger partial charge in [0.05, 0.1) is 36.1 Å². The fourth-order valence-electron chi connectivity index (χ4n) is 4.78. The van der Waals surface area contributed by atoms with Crippen LogP contribution in [0.15, 0.2) is 29.9 Å². The highest BCUT2D eigenvalue weighted by Crippen LogP contribution is 2.41. The van der Waals surface area contributed by atoms with Crippen LogP contribution in [0.5, 0.6) is 0 Å². The normalized spacial score (nSPS) is 21.7. The molecule has 34 heavy (non-hydrogen) atoms. The molecule has 0 aliphatic heterocycles. The number of carbonyl (C=O) groups is 1. The first-order valence-electron chi connectivity index (χ1n) is 11.3. The number of halogens is 3. The molecule has 1 unspecified atom stereocenters. The van der Waals surface area contributed by atoms with Gasteiger partial charge in [-0.1, -0.05) is 13.3 Å². The Labute approximate surface area is 194 Å². The number of fused-ring (bicyclic) bond motifs is 3. The van der Waals surface area contributed by atoms with Crippen molar-refractivity contribution in [2.75, 3.05) is 20.3 Å². The van der Waals surface area contributed by atoms with E-state index in [1.165, 1.54) is 7.11 Å². The number of carbonyl (C=O) groups excluding carboxylic acids is 1. The third-order valence-corrected chi connectivity index (χ3v) is 6.36. The molecule has 3 atom stereocenters. The van der Waals surface area contributed by atoms with E-state index in [4.69, 9.17) is 4.74 Å². The average molecular weight is 480 g/mol. The number of aldehydes is 1. The van der Waals surface area contributed by atoms with E-state index in [1.54, 1.807) is 6.20 Å². The SMILES string of the molecule is CC[C@@H]1C[C@H](N/C(C=O)=C(/COC)NCCC(F)(F)F)CC1c1nnc2cnc3[nH]ccc3n12. The molecular formula is C22H28F3N7O2. The van der Waals surface area contributed by atoms with Crippen LogP contribution in [0.4, 0.5) is 13.2 Å². The summed E-state index contributed by atoms with van der Waals surface area (Å²) in [5.74, 6) is 1.23. The van der Waals surface area contributed by atoms with Crippen LogP contribution in [0.25, 0.3) is 16.8 Å². The quantitative estimate of drug-likeness (QED) is 0.303. The fourth-order valence-corrected chi connectivity index (χ4v) is 4.78. The topological polar surface area (TPSA) is 109 Å². The van der Waals surface area contributed by atoms with Gasteiger partial charge in [0.2, 0.25) is 0 Å². The third kappa shape index (κ3) is 5.01. The minimum Gasteiger partial charge on any atom is -0.384 e. The monoisotopic (exact) mass is 479 g/mol. The Morgan fingerprint density at radius 3 is 2.88 bits per heavy atom. The molecule has 184 valence electrons. The highest BCUT2D eigenvalue weighted by Gasteiger charge is 2.37. The Morgan fingerprint density at radius 2 is 2.18 bits per heavy atom. The van der Waals surface area contributed by atoms with Crippen molar-refractivity contribution in [3.63, 3.8) is 0 Å². The summed E-state index contributed by atoms with van der Waals surface area (Å²) in [6.07, 6.45) is 1.25. The number of methoxy groups -OCH3 is 1. The predicted molar refractivity (Wildman–Crippen MR) is 119 cm³/mol. The molecule has 1 aliphatic rings. The number of alkyl halides is 3. The first-order chi connectivity index (χ1) is 16.3. The van der Waals surface area contributed by atoms with E-state index in [-0.39, 0.29) is 30.8 Å². The molecule has 3 heterocycles. The second-order valence-corrected chi connectivity index (χ2v) is 8.54. The predicted octanol–water partition coefficient (Wildman–Crippen LogP) is 3.07. The number of nitrogens with zero attached hydrogens (tertiary/aromatic N) is 4. The number of ether oxygens (including phenoxy) is 1. The van der Waals surface area contributed by atoms with Gasteiger partial charge in [-0.15, -0.1) is 10.2 Å². The van der Waals surface area contributed by atoms with Gasteiger partial charge < -0.3 is 20.4 Å². The van der Waals surface area contributed by atoms with Gasteiger partial charge in [0.15, 0.2) is 17.6 Å². The maximum Gasteiger partial charge on any atom is 0.390 e. The highest BCUT2D eigenvalue weighted by atomic mass is 19.4. The van der Waals surface area contributed by atoms with Crippen molar-refractivity contribution >= 4 is 23.1 Å².